The van der Waals surface area contributed by atoms with Gasteiger partial charge in [-0.2, -0.15) is 4.31 Å². The van der Waals surface area contributed by atoms with Crippen molar-refractivity contribution in [2.45, 2.75) is 18.2 Å². The third kappa shape index (κ3) is 4.82. The van der Waals surface area contributed by atoms with Crippen molar-refractivity contribution in [3.8, 4) is 11.8 Å². The van der Waals surface area contributed by atoms with E-state index in [1.807, 2.05) is 37.3 Å². The molecule has 2 aromatic carbocycles. The van der Waals surface area contributed by atoms with Crippen LogP contribution in [0.15, 0.2) is 72.1 Å². The van der Waals surface area contributed by atoms with Gasteiger partial charge in [-0.05, 0) is 37.6 Å². The Labute approximate surface area is 144 Å². The highest BCUT2D eigenvalue weighted by atomic mass is 32.2. The van der Waals surface area contributed by atoms with E-state index in [4.69, 9.17) is 0 Å². The molecule has 2 aromatic rings. The van der Waals surface area contributed by atoms with E-state index in [9.17, 15) is 8.42 Å². The van der Waals surface area contributed by atoms with Gasteiger partial charge in [-0.15, -0.1) is 6.58 Å². The quantitative estimate of drug-likeness (QED) is 0.595. The Morgan fingerprint density at radius 3 is 2.38 bits per heavy atom. The Kier molecular flexibility index (Phi) is 6.36. The molecular weight excluding hydrogens is 318 g/mol. The van der Waals surface area contributed by atoms with Crippen molar-refractivity contribution in [2.75, 3.05) is 13.1 Å². The lowest BCUT2D eigenvalue weighted by molar-refractivity contribution is 0.452. The van der Waals surface area contributed by atoms with Crippen molar-refractivity contribution >= 4 is 10.0 Å². The molecule has 0 atom stereocenters. The minimum absolute atomic E-state index is 0.152. The molecule has 0 fully saturated rings. The zero-order valence-electron chi connectivity index (χ0n) is 13.8. The molecular formula is C20H21NO2S. The second kappa shape index (κ2) is 8.49. The number of sulfonamides is 1. The highest BCUT2D eigenvalue weighted by molar-refractivity contribution is 7.89. The summed E-state index contributed by atoms with van der Waals surface area (Å²) >= 11 is 0. The molecule has 0 saturated carbocycles. The van der Waals surface area contributed by atoms with Crippen LogP contribution in [0.5, 0.6) is 0 Å². The van der Waals surface area contributed by atoms with Gasteiger partial charge in [-0.3, -0.25) is 0 Å². The molecule has 0 spiro atoms. The van der Waals surface area contributed by atoms with Gasteiger partial charge in [0.15, 0.2) is 0 Å². The van der Waals surface area contributed by atoms with Crippen molar-refractivity contribution in [3.05, 3.63) is 78.4 Å². The first-order valence-electron chi connectivity index (χ1n) is 7.75. The monoisotopic (exact) mass is 339 g/mol. The Morgan fingerprint density at radius 2 is 1.75 bits per heavy atom. The summed E-state index contributed by atoms with van der Waals surface area (Å²) in [6.45, 7) is 6.11. The molecule has 0 bridgehead atoms. The normalized spacial score (nSPS) is 10.9. The Balaban J connectivity index is 2.22. The molecule has 124 valence electrons. The maximum Gasteiger partial charge on any atom is 0.243 e. The fraction of sp³-hybridized carbons (Fsp3) is 0.200. The molecule has 0 N–H and O–H groups in total. The largest absolute Gasteiger partial charge is 0.243 e. The van der Waals surface area contributed by atoms with Crippen LogP contribution in [0, 0.1) is 18.8 Å². The molecule has 0 amide bonds. The summed E-state index contributed by atoms with van der Waals surface area (Å²) in [6.07, 6.45) is 2.29. The summed E-state index contributed by atoms with van der Waals surface area (Å²) in [7, 11) is -3.56. The van der Waals surface area contributed by atoms with E-state index in [0.29, 0.717) is 17.9 Å². The maximum atomic E-state index is 12.8. The molecule has 0 radical (unpaired) electrons. The molecule has 0 unspecified atom stereocenters. The lowest BCUT2D eigenvalue weighted by Gasteiger charge is -2.19. The van der Waals surface area contributed by atoms with E-state index in [0.717, 1.165) is 11.1 Å². The standard InChI is InChI=1S/C20H21NO2S/c1-3-4-16-21(17-8-11-19-9-6-5-7-10-19)24(22,23)20-14-12-18(2)13-15-20/h3,5-7,9-10,12-15H,1,4,16-17H2,2H3. The topological polar surface area (TPSA) is 37.4 Å². The second-order valence-corrected chi connectivity index (χ2v) is 7.33. The third-order valence-electron chi connectivity index (χ3n) is 3.50. The first-order valence-corrected chi connectivity index (χ1v) is 9.19. The number of hydrogen-bond donors (Lipinski definition) is 0. The van der Waals surface area contributed by atoms with Crippen molar-refractivity contribution in [1.82, 2.24) is 4.31 Å². The van der Waals surface area contributed by atoms with Crippen LogP contribution in [0.25, 0.3) is 0 Å². The van der Waals surface area contributed by atoms with Crippen molar-refractivity contribution in [1.29, 1.82) is 0 Å². The van der Waals surface area contributed by atoms with E-state index in [1.54, 1.807) is 30.3 Å². The molecule has 0 saturated heterocycles. The van der Waals surface area contributed by atoms with Crippen molar-refractivity contribution < 1.29 is 8.42 Å². The van der Waals surface area contributed by atoms with Crippen molar-refractivity contribution in [3.63, 3.8) is 0 Å². The van der Waals surface area contributed by atoms with E-state index >= 15 is 0 Å². The smallest absolute Gasteiger partial charge is 0.207 e. The number of rotatable bonds is 6. The average Bonchev–Trinajstić information content (AvgIpc) is 2.59. The van der Waals surface area contributed by atoms with E-state index in [2.05, 4.69) is 18.4 Å². The lowest BCUT2D eigenvalue weighted by atomic mass is 10.2. The molecule has 3 nitrogen and oxygen atoms in total. The molecule has 0 aliphatic rings. The first kappa shape index (κ1) is 18.0. The first-order chi connectivity index (χ1) is 11.5. The Hall–Kier alpha value is -2.35. The molecule has 24 heavy (non-hydrogen) atoms. The van der Waals surface area contributed by atoms with Gasteiger partial charge in [0, 0.05) is 12.1 Å². The van der Waals surface area contributed by atoms with Gasteiger partial charge in [0.05, 0.1) is 11.4 Å². The van der Waals surface area contributed by atoms with Crippen LogP contribution in [0.2, 0.25) is 0 Å². The summed E-state index contributed by atoms with van der Waals surface area (Å²) in [5.74, 6) is 5.96. The Bertz CT molecular complexity index is 829. The van der Waals surface area contributed by atoms with Gasteiger partial charge in [0.2, 0.25) is 10.0 Å². The summed E-state index contributed by atoms with van der Waals surface area (Å²) in [6, 6.07) is 16.4. The average molecular weight is 339 g/mol. The molecule has 0 heterocycles. The summed E-state index contributed by atoms with van der Waals surface area (Å²) in [4.78, 5) is 0.290. The van der Waals surface area contributed by atoms with Gasteiger partial charge < -0.3 is 0 Å². The maximum absolute atomic E-state index is 12.8. The van der Waals surface area contributed by atoms with Gasteiger partial charge in [0.25, 0.3) is 0 Å². The van der Waals surface area contributed by atoms with Crippen LogP contribution in [0.3, 0.4) is 0 Å². The fourth-order valence-electron chi connectivity index (χ4n) is 2.13. The SMILES string of the molecule is C=CCCN(CC#Cc1ccccc1)S(=O)(=O)c1ccc(C)cc1. The molecule has 4 heteroatoms. The van der Waals surface area contributed by atoms with Crippen LogP contribution < -0.4 is 0 Å². The van der Waals surface area contributed by atoms with E-state index < -0.39 is 10.0 Å². The number of hydrogen-bond acceptors (Lipinski definition) is 2. The highest BCUT2D eigenvalue weighted by Gasteiger charge is 2.22. The number of nitrogens with zero attached hydrogens (tertiary/aromatic N) is 1. The van der Waals surface area contributed by atoms with Crippen LogP contribution in [-0.4, -0.2) is 25.8 Å². The highest BCUT2D eigenvalue weighted by Crippen LogP contribution is 2.16. The van der Waals surface area contributed by atoms with Gasteiger partial charge >= 0.3 is 0 Å². The van der Waals surface area contributed by atoms with Crippen LogP contribution in [-0.2, 0) is 10.0 Å². The van der Waals surface area contributed by atoms with Crippen LogP contribution in [0.4, 0.5) is 0 Å². The second-order valence-electron chi connectivity index (χ2n) is 5.40. The minimum atomic E-state index is -3.56. The summed E-state index contributed by atoms with van der Waals surface area (Å²) in [5.41, 5.74) is 1.89. The van der Waals surface area contributed by atoms with Crippen molar-refractivity contribution in [2.24, 2.45) is 0 Å². The number of aryl methyl sites for hydroxylation is 1. The summed E-state index contributed by atoms with van der Waals surface area (Å²) in [5, 5.41) is 0. The molecule has 2 rings (SSSR count). The van der Waals surface area contributed by atoms with Crippen LogP contribution in [0.1, 0.15) is 17.5 Å². The minimum Gasteiger partial charge on any atom is -0.207 e. The predicted octanol–water partition coefficient (Wildman–Crippen LogP) is 3.61. The zero-order chi connectivity index (χ0) is 17.4. The molecule has 0 aromatic heterocycles. The van der Waals surface area contributed by atoms with Gasteiger partial charge in [0.1, 0.15) is 0 Å². The summed E-state index contributed by atoms with van der Waals surface area (Å²) < 4.78 is 27.0. The third-order valence-corrected chi connectivity index (χ3v) is 5.36. The van der Waals surface area contributed by atoms with Gasteiger partial charge in [-0.25, -0.2) is 8.42 Å². The number of benzene rings is 2. The molecule has 0 aliphatic heterocycles. The van der Waals surface area contributed by atoms with E-state index in [1.165, 1.54) is 4.31 Å². The van der Waals surface area contributed by atoms with E-state index in [-0.39, 0.29) is 6.54 Å². The fourth-order valence-corrected chi connectivity index (χ4v) is 3.49. The molecule has 0 aliphatic carbocycles. The van der Waals surface area contributed by atoms with Crippen LogP contribution >= 0.6 is 0 Å². The predicted molar refractivity (Wildman–Crippen MR) is 98.1 cm³/mol. The Morgan fingerprint density at radius 1 is 1.08 bits per heavy atom. The zero-order valence-corrected chi connectivity index (χ0v) is 14.6. The van der Waals surface area contributed by atoms with Gasteiger partial charge in [-0.1, -0.05) is 53.8 Å². The lowest BCUT2D eigenvalue weighted by Crippen LogP contribution is -2.32.